The summed E-state index contributed by atoms with van der Waals surface area (Å²) >= 11 is 5.74. The molecule has 1 aliphatic heterocycles. The van der Waals surface area contributed by atoms with E-state index < -0.39 is 106 Å². The average molecular weight is 726 g/mol. The highest BCUT2D eigenvalue weighted by molar-refractivity contribution is 7.91. The lowest BCUT2D eigenvalue weighted by Crippen LogP contribution is -2.58. The van der Waals surface area contributed by atoms with E-state index in [4.69, 9.17) is 16.3 Å². The molecule has 3 N–H and O–H groups in total. The fourth-order valence-corrected chi connectivity index (χ4v) is 6.98. The topological polar surface area (TPSA) is 159 Å². The summed E-state index contributed by atoms with van der Waals surface area (Å²) in [4.78, 5) is 52.3. The quantitative estimate of drug-likeness (QED) is 0.266. The van der Waals surface area contributed by atoms with Crippen LogP contribution >= 0.6 is 11.6 Å². The molecule has 264 valence electrons. The van der Waals surface area contributed by atoms with E-state index in [1.54, 1.807) is 5.32 Å². The maximum Gasteiger partial charge on any atom is 0.452 e. The number of methoxy groups -OCH3 is 1. The van der Waals surface area contributed by atoms with Crippen molar-refractivity contribution in [1.29, 1.82) is 0 Å². The number of ether oxygens (including phenoxy) is 1. The number of benzene rings is 2. The number of rotatable bonds is 13. The normalized spacial score (nSPS) is 18.3. The second kappa shape index (κ2) is 15.2. The summed E-state index contributed by atoms with van der Waals surface area (Å²) in [5, 5.41) is 11.9. The Balaban J connectivity index is 1.94. The molecule has 0 aliphatic carbocycles. The molecule has 0 spiro atoms. The van der Waals surface area contributed by atoms with E-state index in [-0.39, 0.29) is 5.02 Å². The number of likely N-dealkylation sites (tertiary alicyclic amines) is 1. The Morgan fingerprint density at radius 1 is 1.04 bits per heavy atom. The first-order valence-corrected chi connectivity index (χ1v) is 16.4. The van der Waals surface area contributed by atoms with Crippen LogP contribution in [0, 0.1) is 5.92 Å². The first kappa shape index (κ1) is 38.6. The molecule has 1 heterocycles. The second-order valence-electron chi connectivity index (χ2n) is 11.4. The van der Waals surface area contributed by atoms with Crippen molar-refractivity contribution in [3.05, 3.63) is 64.7 Å². The third-order valence-corrected chi connectivity index (χ3v) is 10.00. The number of carbonyl (C=O) groups excluding carboxylic acids is 4. The zero-order valence-electron chi connectivity index (χ0n) is 25.8. The van der Waals surface area contributed by atoms with Gasteiger partial charge in [0.25, 0.3) is 11.7 Å². The molecule has 1 aliphatic rings. The van der Waals surface area contributed by atoms with Crippen molar-refractivity contribution in [3.8, 4) is 5.75 Å². The largest absolute Gasteiger partial charge is 0.497 e. The van der Waals surface area contributed by atoms with Gasteiger partial charge in [0.1, 0.15) is 17.8 Å². The van der Waals surface area contributed by atoms with Crippen molar-refractivity contribution in [2.45, 2.75) is 61.5 Å². The standard InChI is InChI=1S/C30H33ClF5N3O8S/c1-16(2)24(25(41)30(34,35)36)38-26(42)23-12-21(48(45,46)15-17-7-9-20(47-3)10-8-17)13-39(23)27(43)22(14-40)37-28(44)29(32,33)18-5-4-6-19(31)11-18/h4-11,16,21-24,40H,12-15H2,1-3H3,(H,37,44)(H,38,42)/t21-,22?,23+,24?/m1/s1. The summed E-state index contributed by atoms with van der Waals surface area (Å²) in [6.45, 7) is 0.384. The summed E-state index contributed by atoms with van der Waals surface area (Å²) in [5.74, 6) is -12.6. The van der Waals surface area contributed by atoms with Gasteiger partial charge in [0.05, 0.1) is 30.8 Å². The summed E-state index contributed by atoms with van der Waals surface area (Å²) in [5.41, 5.74) is -0.560. The molecule has 1 fully saturated rings. The van der Waals surface area contributed by atoms with Crippen LogP contribution in [0.4, 0.5) is 22.0 Å². The minimum Gasteiger partial charge on any atom is -0.497 e. The highest BCUT2D eigenvalue weighted by Crippen LogP contribution is 2.31. The number of sulfone groups is 1. The smallest absolute Gasteiger partial charge is 0.452 e. The summed E-state index contributed by atoms with van der Waals surface area (Å²) in [6, 6.07) is 3.87. The van der Waals surface area contributed by atoms with Gasteiger partial charge in [0, 0.05) is 17.1 Å². The monoisotopic (exact) mass is 725 g/mol. The third-order valence-electron chi connectivity index (χ3n) is 7.67. The molecule has 2 unspecified atom stereocenters. The van der Waals surface area contributed by atoms with Gasteiger partial charge in [0.2, 0.25) is 11.8 Å². The summed E-state index contributed by atoms with van der Waals surface area (Å²) in [6.07, 6.45) is -6.01. The number of alkyl halides is 5. The van der Waals surface area contributed by atoms with Crippen molar-refractivity contribution >= 4 is 44.9 Å². The first-order chi connectivity index (χ1) is 22.2. The number of Topliss-reactive ketones (excluding diaryl/α,β-unsaturated/α-hetero) is 1. The number of halogens is 6. The van der Waals surface area contributed by atoms with Gasteiger partial charge in [-0.25, -0.2) is 8.42 Å². The Morgan fingerprint density at radius 2 is 1.67 bits per heavy atom. The molecule has 3 rings (SSSR count). The molecule has 4 atom stereocenters. The molecule has 2 aromatic carbocycles. The summed E-state index contributed by atoms with van der Waals surface area (Å²) < 4.78 is 102. The van der Waals surface area contributed by atoms with E-state index >= 15 is 0 Å². The maximum absolute atomic E-state index is 15.0. The van der Waals surface area contributed by atoms with Crippen LogP contribution < -0.4 is 15.4 Å². The predicted octanol–water partition coefficient (Wildman–Crippen LogP) is 2.77. The number of aliphatic hydroxyl groups excluding tert-OH is 1. The van der Waals surface area contributed by atoms with E-state index in [2.05, 4.69) is 0 Å². The number of hydrogen-bond acceptors (Lipinski definition) is 8. The SMILES string of the molecule is COc1ccc(CS(=O)(=O)[C@@H]2C[C@@H](C(=O)NC(C(=O)C(F)(F)F)C(C)C)N(C(=O)C(CO)NC(=O)C(F)(F)c3cccc(Cl)c3)C2)cc1. The van der Waals surface area contributed by atoms with Crippen molar-refractivity contribution in [2.24, 2.45) is 5.92 Å². The molecular formula is C30H33ClF5N3O8S. The molecule has 48 heavy (non-hydrogen) atoms. The van der Waals surface area contributed by atoms with E-state index in [9.17, 15) is 54.7 Å². The summed E-state index contributed by atoms with van der Waals surface area (Å²) in [7, 11) is -2.82. The van der Waals surface area contributed by atoms with Gasteiger partial charge in [0.15, 0.2) is 9.84 Å². The number of nitrogens with one attached hydrogen (secondary N) is 2. The Kier molecular flexibility index (Phi) is 12.2. The molecule has 1 saturated heterocycles. The highest BCUT2D eigenvalue weighted by Gasteiger charge is 2.50. The van der Waals surface area contributed by atoms with Gasteiger partial charge in [-0.3, -0.25) is 19.2 Å². The van der Waals surface area contributed by atoms with E-state index in [0.717, 1.165) is 18.2 Å². The highest BCUT2D eigenvalue weighted by atomic mass is 35.5. The Hall–Kier alpha value is -3.83. The van der Waals surface area contributed by atoms with E-state index in [1.165, 1.54) is 51.3 Å². The molecule has 18 heteroatoms. The molecule has 0 bridgehead atoms. The molecule has 0 aromatic heterocycles. The number of nitrogens with zero attached hydrogens (tertiary/aromatic N) is 1. The number of amides is 3. The lowest BCUT2D eigenvalue weighted by molar-refractivity contribution is -0.175. The van der Waals surface area contributed by atoms with Crippen LogP contribution in [0.2, 0.25) is 5.02 Å². The van der Waals surface area contributed by atoms with Gasteiger partial charge in [-0.05, 0) is 42.2 Å². The number of aliphatic hydroxyl groups is 1. The zero-order valence-corrected chi connectivity index (χ0v) is 27.3. The van der Waals surface area contributed by atoms with Gasteiger partial charge >= 0.3 is 12.1 Å². The van der Waals surface area contributed by atoms with Crippen molar-refractivity contribution in [1.82, 2.24) is 15.5 Å². The number of carbonyl (C=O) groups is 4. The molecular weight excluding hydrogens is 693 g/mol. The maximum atomic E-state index is 15.0. The zero-order chi connectivity index (χ0) is 36.2. The number of ketones is 1. The Bertz CT molecular complexity index is 1620. The lowest BCUT2D eigenvalue weighted by atomic mass is 9.98. The van der Waals surface area contributed by atoms with Gasteiger partial charge in [-0.15, -0.1) is 0 Å². The Morgan fingerprint density at radius 3 is 2.19 bits per heavy atom. The lowest BCUT2D eigenvalue weighted by Gasteiger charge is -2.30. The van der Waals surface area contributed by atoms with Gasteiger partial charge in [-0.1, -0.05) is 49.7 Å². The van der Waals surface area contributed by atoms with E-state index in [1.807, 2.05) is 5.32 Å². The fraction of sp³-hybridized carbons (Fsp3) is 0.467. The van der Waals surface area contributed by atoms with Crippen molar-refractivity contribution in [3.63, 3.8) is 0 Å². The first-order valence-electron chi connectivity index (χ1n) is 14.3. The van der Waals surface area contributed by atoms with Crippen molar-refractivity contribution < 1.29 is 59.4 Å². The molecule has 3 amide bonds. The minimum absolute atomic E-state index is 0.133. The average Bonchev–Trinajstić information content (AvgIpc) is 3.48. The predicted molar refractivity (Wildman–Crippen MR) is 162 cm³/mol. The molecule has 0 saturated carbocycles. The van der Waals surface area contributed by atoms with Crippen LogP contribution in [0.1, 0.15) is 31.4 Å². The fourth-order valence-electron chi connectivity index (χ4n) is 5.03. The van der Waals surface area contributed by atoms with Crippen LogP contribution in [-0.4, -0.2) is 91.7 Å². The van der Waals surface area contributed by atoms with E-state index in [0.29, 0.717) is 16.2 Å². The number of hydrogen-bond donors (Lipinski definition) is 3. The Labute approximate surface area is 277 Å². The molecule has 11 nitrogen and oxygen atoms in total. The van der Waals surface area contributed by atoms with Crippen LogP contribution in [-0.2, 0) is 40.7 Å². The minimum atomic E-state index is -5.35. The van der Waals surface area contributed by atoms with Crippen LogP contribution in [0.25, 0.3) is 0 Å². The van der Waals surface area contributed by atoms with Crippen LogP contribution in [0.5, 0.6) is 5.75 Å². The van der Waals surface area contributed by atoms with Gasteiger partial charge < -0.3 is 25.4 Å². The van der Waals surface area contributed by atoms with Gasteiger partial charge in [-0.2, -0.15) is 22.0 Å². The molecule has 2 aromatic rings. The van der Waals surface area contributed by atoms with Crippen LogP contribution in [0.3, 0.4) is 0 Å². The van der Waals surface area contributed by atoms with Crippen molar-refractivity contribution in [2.75, 3.05) is 20.3 Å². The molecule has 0 radical (unpaired) electrons. The van der Waals surface area contributed by atoms with Crippen LogP contribution in [0.15, 0.2) is 48.5 Å². The second-order valence-corrected chi connectivity index (χ2v) is 14.1. The third kappa shape index (κ3) is 8.99.